The molecule has 0 N–H and O–H groups in total. The summed E-state index contributed by atoms with van der Waals surface area (Å²) in [6.07, 6.45) is 5.59. The summed E-state index contributed by atoms with van der Waals surface area (Å²) in [5.41, 5.74) is 1.37. The van der Waals surface area contributed by atoms with Crippen LogP contribution in [0, 0.1) is 0 Å². The van der Waals surface area contributed by atoms with Crippen LogP contribution in [0.4, 0.5) is 0 Å². The molecule has 1 aromatic carbocycles. The lowest BCUT2D eigenvalue weighted by Crippen LogP contribution is -2.52. The van der Waals surface area contributed by atoms with Gasteiger partial charge in [0.2, 0.25) is 10.0 Å². The number of piperidine rings is 1. The van der Waals surface area contributed by atoms with E-state index in [0.29, 0.717) is 6.54 Å². The van der Waals surface area contributed by atoms with E-state index in [1.807, 2.05) is 0 Å². The molecule has 2 heterocycles. The van der Waals surface area contributed by atoms with Crippen molar-refractivity contribution in [1.29, 1.82) is 0 Å². The third-order valence-corrected chi connectivity index (χ3v) is 7.17. The highest BCUT2D eigenvalue weighted by Gasteiger charge is 2.31. The number of sulfonamides is 1. The monoisotopic (exact) mass is 409 g/mol. The molecule has 2 aliphatic rings. The molecule has 1 unspecified atom stereocenters. The number of morpholine rings is 1. The van der Waals surface area contributed by atoms with Gasteiger partial charge in [-0.3, -0.25) is 4.90 Å². The first-order valence-electron chi connectivity index (χ1n) is 10.6. The van der Waals surface area contributed by atoms with E-state index in [9.17, 15) is 8.42 Å². The van der Waals surface area contributed by atoms with E-state index in [-0.39, 0.29) is 6.04 Å². The molecule has 0 spiro atoms. The van der Waals surface area contributed by atoms with Gasteiger partial charge in [0.25, 0.3) is 0 Å². The molecule has 0 bridgehead atoms. The highest BCUT2D eigenvalue weighted by atomic mass is 32.2. The van der Waals surface area contributed by atoms with Crippen molar-refractivity contribution in [1.82, 2.24) is 14.1 Å². The molecule has 2 aliphatic heterocycles. The zero-order valence-corrected chi connectivity index (χ0v) is 17.9. The number of benzene rings is 1. The highest BCUT2D eigenvalue weighted by Crippen LogP contribution is 2.19. The summed E-state index contributed by atoms with van der Waals surface area (Å²) in [7, 11) is -3.20. The van der Waals surface area contributed by atoms with Gasteiger partial charge >= 0.3 is 0 Å². The Labute approximate surface area is 170 Å². The van der Waals surface area contributed by atoms with Crippen molar-refractivity contribution in [3.8, 4) is 0 Å². The molecule has 3 rings (SSSR count). The minimum atomic E-state index is -3.20. The number of hydrogen-bond acceptors (Lipinski definition) is 5. The molecule has 2 saturated heterocycles. The van der Waals surface area contributed by atoms with Gasteiger partial charge in [0.15, 0.2) is 0 Å². The third-order valence-electron chi connectivity index (χ3n) is 5.84. The Balaban J connectivity index is 1.50. The van der Waals surface area contributed by atoms with E-state index < -0.39 is 10.0 Å². The molecular formula is C21H35N3O3S. The predicted octanol–water partition coefficient (Wildman–Crippen LogP) is 1.68. The van der Waals surface area contributed by atoms with Crippen LogP contribution in [0.15, 0.2) is 30.3 Å². The van der Waals surface area contributed by atoms with Gasteiger partial charge in [0, 0.05) is 38.8 Å². The molecular weight excluding hydrogens is 374 g/mol. The van der Waals surface area contributed by atoms with Crippen molar-refractivity contribution in [2.75, 3.05) is 65.3 Å². The highest BCUT2D eigenvalue weighted by molar-refractivity contribution is 7.88. The summed E-state index contributed by atoms with van der Waals surface area (Å²) < 4.78 is 32.1. The topological polar surface area (TPSA) is 53.1 Å². The Bertz CT molecular complexity index is 677. The van der Waals surface area contributed by atoms with Gasteiger partial charge in [-0.15, -0.1) is 0 Å². The van der Waals surface area contributed by atoms with Crippen molar-refractivity contribution < 1.29 is 13.2 Å². The van der Waals surface area contributed by atoms with Crippen LogP contribution in [0.25, 0.3) is 0 Å². The zero-order chi connectivity index (χ0) is 19.8. The Morgan fingerprint density at radius 1 is 1.07 bits per heavy atom. The van der Waals surface area contributed by atoms with Crippen molar-refractivity contribution in [3.63, 3.8) is 0 Å². The first-order valence-corrected chi connectivity index (χ1v) is 12.4. The SMILES string of the molecule is CS(=O)(=O)N(CCN1CCOCC1)C1CCCN(CCCc2ccccc2)C1. The van der Waals surface area contributed by atoms with Crippen LogP contribution in [-0.2, 0) is 21.2 Å². The van der Waals surface area contributed by atoms with Crippen LogP contribution in [-0.4, -0.2) is 93.8 Å². The molecule has 0 amide bonds. The van der Waals surface area contributed by atoms with Gasteiger partial charge < -0.3 is 9.64 Å². The molecule has 2 fully saturated rings. The van der Waals surface area contributed by atoms with E-state index >= 15 is 0 Å². The maximum atomic E-state index is 12.5. The van der Waals surface area contributed by atoms with E-state index in [4.69, 9.17) is 4.74 Å². The molecule has 1 aromatic rings. The smallest absolute Gasteiger partial charge is 0.211 e. The lowest BCUT2D eigenvalue weighted by molar-refractivity contribution is 0.0338. The molecule has 6 nitrogen and oxygen atoms in total. The van der Waals surface area contributed by atoms with Gasteiger partial charge in [-0.05, 0) is 44.3 Å². The van der Waals surface area contributed by atoms with Crippen LogP contribution in [0.3, 0.4) is 0 Å². The number of ether oxygens (including phenoxy) is 1. The summed E-state index contributed by atoms with van der Waals surface area (Å²) in [6.45, 7) is 7.63. The van der Waals surface area contributed by atoms with Crippen LogP contribution >= 0.6 is 0 Å². The van der Waals surface area contributed by atoms with E-state index in [1.54, 1.807) is 4.31 Å². The van der Waals surface area contributed by atoms with Gasteiger partial charge in [-0.1, -0.05) is 30.3 Å². The maximum Gasteiger partial charge on any atom is 0.211 e. The van der Waals surface area contributed by atoms with E-state index in [1.165, 1.54) is 11.8 Å². The second-order valence-electron chi connectivity index (χ2n) is 8.01. The largest absolute Gasteiger partial charge is 0.379 e. The molecule has 0 radical (unpaired) electrons. The average Bonchev–Trinajstić information content (AvgIpc) is 2.69. The molecule has 158 valence electrons. The number of likely N-dealkylation sites (tertiary alicyclic amines) is 1. The second-order valence-corrected chi connectivity index (χ2v) is 9.95. The molecule has 0 saturated carbocycles. The van der Waals surface area contributed by atoms with Crippen LogP contribution < -0.4 is 0 Å². The average molecular weight is 410 g/mol. The Hall–Kier alpha value is -0.990. The van der Waals surface area contributed by atoms with Crippen molar-refractivity contribution in [2.24, 2.45) is 0 Å². The minimum Gasteiger partial charge on any atom is -0.379 e. The quantitative estimate of drug-likeness (QED) is 0.621. The summed E-state index contributed by atoms with van der Waals surface area (Å²) in [4.78, 5) is 4.76. The lowest BCUT2D eigenvalue weighted by atomic mass is 10.0. The fourth-order valence-electron chi connectivity index (χ4n) is 4.30. The van der Waals surface area contributed by atoms with Crippen molar-refractivity contribution >= 4 is 10.0 Å². The standard InChI is InChI=1S/C21H35N3O3S/c1-28(25,26)24(14-13-22-15-17-27-18-16-22)21-10-6-12-23(19-21)11-5-9-20-7-3-2-4-8-20/h2-4,7-8,21H,5-6,9-19H2,1H3. The number of hydrogen-bond donors (Lipinski definition) is 0. The molecule has 0 aromatic heterocycles. The van der Waals surface area contributed by atoms with Gasteiger partial charge in [-0.25, -0.2) is 8.42 Å². The summed E-state index contributed by atoms with van der Waals surface area (Å²) in [5.74, 6) is 0. The third kappa shape index (κ3) is 6.81. The second kappa shape index (κ2) is 10.7. The lowest BCUT2D eigenvalue weighted by Gasteiger charge is -2.39. The number of nitrogens with zero attached hydrogens (tertiary/aromatic N) is 3. The summed E-state index contributed by atoms with van der Waals surface area (Å²) in [5, 5.41) is 0. The molecule has 28 heavy (non-hydrogen) atoms. The fraction of sp³-hybridized carbons (Fsp3) is 0.714. The predicted molar refractivity (Wildman–Crippen MR) is 113 cm³/mol. The zero-order valence-electron chi connectivity index (χ0n) is 17.1. The van der Waals surface area contributed by atoms with Gasteiger partial charge in [-0.2, -0.15) is 4.31 Å². The summed E-state index contributed by atoms with van der Waals surface area (Å²) >= 11 is 0. The first kappa shape index (κ1) is 21.7. The normalized spacial score (nSPS) is 22.6. The Morgan fingerprint density at radius 2 is 1.82 bits per heavy atom. The van der Waals surface area contributed by atoms with Crippen molar-refractivity contribution in [2.45, 2.75) is 31.7 Å². The molecule has 7 heteroatoms. The minimum absolute atomic E-state index is 0.0986. The maximum absolute atomic E-state index is 12.5. The fourth-order valence-corrected chi connectivity index (χ4v) is 5.43. The number of aryl methyl sites for hydroxylation is 1. The first-order chi connectivity index (χ1) is 13.5. The Kier molecular flexibility index (Phi) is 8.29. The molecule has 0 aliphatic carbocycles. The van der Waals surface area contributed by atoms with Crippen LogP contribution in [0.5, 0.6) is 0 Å². The van der Waals surface area contributed by atoms with E-state index in [0.717, 1.165) is 78.2 Å². The van der Waals surface area contributed by atoms with Crippen LogP contribution in [0.2, 0.25) is 0 Å². The number of rotatable bonds is 9. The molecule has 1 atom stereocenters. The Morgan fingerprint density at radius 3 is 2.54 bits per heavy atom. The summed E-state index contributed by atoms with van der Waals surface area (Å²) in [6, 6.07) is 10.7. The van der Waals surface area contributed by atoms with Crippen LogP contribution in [0.1, 0.15) is 24.8 Å². The van der Waals surface area contributed by atoms with E-state index in [2.05, 4.69) is 40.1 Å². The van der Waals surface area contributed by atoms with Gasteiger partial charge in [0.1, 0.15) is 0 Å². The van der Waals surface area contributed by atoms with Gasteiger partial charge in [0.05, 0.1) is 19.5 Å². The van der Waals surface area contributed by atoms with Crippen molar-refractivity contribution in [3.05, 3.63) is 35.9 Å².